The first-order valence-electron chi connectivity index (χ1n) is 4.65. The summed E-state index contributed by atoms with van der Waals surface area (Å²) < 4.78 is 38.6. The van der Waals surface area contributed by atoms with Crippen molar-refractivity contribution in [2.75, 3.05) is 6.61 Å². The van der Waals surface area contributed by atoms with Crippen LogP contribution in [0, 0.1) is 0 Å². The molecule has 0 saturated heterocycles. The Hall–Kier alpha value is -0.790. The number of hydrogen-bond donors (Lipinski definition) is 0. The molecule has 0 N–H and O–H groups in total. The van der Waals surface area contributed by atoms with Crippen LogP contribution >= 0.6 is 0 Å². The van der Waals surface area contributed by atoms with Gasteiger partial charge in [0.05, 0.1) is 9.35 Å². The quantitative estimate of drug-likeness (QED) is 0.402. The van der Waals surface area contributed by atoms with E-state index in [9.17, 15) is 4.79 Å². The Morgan fingerprint density at radius 3 is 3.25 bits per heavy atom. The summed E-state index contributed by atoms with van der Waals surface area (Å²) >= 11 is 0. The SMILES string of the molecule is [2H]C([2H])=C(C(=O)OCC)C([2H])([2H])[2H]. The molecule has 0 aromatic carbocycles. The van der Waals surface area contributed by atoms with Crippen LogP contribution in [-0.4, -0.2) is 12.6 Å². The van der Waals surface area contributed by atoms with Crippen LogP contribution in [0.25, 0.3) is 0 Å². The van der Waals surface area contributed by atoms with E-state index < -0.39 is 24.9 Å². The third kappa shape index (κ3) is 2.39. The first kappa shape index (κ1) is 2.21. The molecule has 0 aromatic heterocycles. The van der Waals surface area contributed by atoms with Gasteiger partial charge in [-0.25, -0.2) is 4.79 Å². The zero-order valence-corrected chi connectivity index (χ0v) is 4.52. The zero-order valence-electron chi connectivity index (χ0n) is 9.52. The van der Waals surface area contributed by atoms with E-state index >= 15 is 0 Å². The van der Waals surface area contributed by atoms with Crippen molar-refractivity contribution in [3.05, 3.63) is 12.1 Å². The molecule has 0 fully saturated rings. The van der Waals surface area contributed by atoms with Crippen LogP contribution in [0.4, 0.5) is 0 Å². The molecule has 0 aromatic rings. The van der Waals surface area contributed by atoms with Gasteiger partial charge in [-0.3, -0.25) is 0 Å². The molecule has 0 bridgehead atoms. The van der Waals surface area contributed by atoms with Gasteiger partial charge in [-0.1, -0.05) is 6.53 Å². The van der Waals surface area contributed by atoms with Crippen molar-refractivity contribution in [1.29, 1.82) is 0 Å². The van der Waals surface area contributed by atoms with Gasteiger partial charge < -0.3 is 4.74 Å². The maximum absolute atomic E-state index is 11.0. The summed E-state index contributed by atoms with van der Waals surface area (Å²) in [5.41, 5.74) is -0.880. The Morgan fingerprint density at radius 2 is 2.88 bits per heavy atom. The lowest BCUT2D eigenvalue weighted by atomic mass is 10.4. The van der Waals surface area contributed by atoms with E-state index in [1.807, 2.05) is 0 Å². The maximum atomic E-state index is 11.0. The molecule has 0 aliphatic carbocycles. The molecule has 8 heavy (non-hydrogen) atoms. The van der Waals surface area contributed by atoms with Crippen LogP contribution in [0.3, 0.4) is 0 Å². The molecule has 2 nitrogen and oxygen atoms in total. The van der Waals surface area contributed by atoms with E-state index in [0.29, 0.717) is 0 Å². The molecule has 0 spiro atoms. The summed E-state index contributed by atoms with van der Waals surface area (Å²) in [7, 11) is 0. The van der Waals surface area contributed by atoms with Crippen molar-refractivity contribution >= 4 is 5.97 Å². The number of hydrogen-bond acceptors (Lipinski definition) is 2. The summed E-state index contributed by atoms with van der Waals surface area (Å²) in [6.07, 6.45) is 0. The minimum atomic E-state index is -2.76. The average molecular weight is 119 g/mol. The highest BCUT2D eigenvalue weighted by atomic mass is 16.5. The Balaban J connectivity index is 4.87. The van der Waals surface area contributed by atoms with Crippen LogP contribution in [0.15, 0.2) is 12.1 Å². The molecule has 0 radical (unpaired) electrons. The molecule has 0 rings (SSSR count). The third-order valence-electron chi connectivity index (χ3n) is 0.480. The predicted octanol–water partition coefficient (Wildman–Crippen LogP) is 1.13. The van der Waals surface area contributed by atoms with Gasteiger partial charge in [0.15, 0.2) is 0 Å². The monoisotopic (exact) mass is 119 g/mol. The number of ether oxygens (including phenoxy) is 1. The molecule has 0 aliphatic rings. The Labute approximate surface area is 56.2 Å². The van der Waals surface area contributed by atoms with Crippen LogP contribution in [0.1, 0.15) is 20.6 Å². The van der Waals surface area contributed by atoms with Gasteiger partial charge in [-0.05, 0) is 13.8 Å². The van der Waals surface area contributed by atoms with Crippen molar-refractivity contribution in [1.82, 2.24) is 0 Å². The summed E-state index contributed by atoms with van der Waals surface area (Å²) in [4.78, 5) is 11.0. The van der Waals surface area contributed by atoms with E-state index in [1.54, 1.807) is 0 Å². The second-order valence-electron chi connectivity index (χ2n) is 1.10. The Kier molecular flexibility index (Phi) is 0.897. The third-order valence-corrected chi connectivity index (χ3v) is 0.480. The Bertz CT molecular complexity index is 226. The number of rotatable bonds is 2. The van der Waals surface area contributed by atoms with Crippen LogP contribution in [0.5, 0.6) is 0 Å². The summed E-state index contributed by atoms with van der Waals surface area (Å²) in [6, 6.07) is 0. The van der Waals surface area contributed by atoms with Crippen LogP contribution < -0.4 is 0 Å². The molecule has 0 unspecified atom stereocenters. The van der Waals surface area contributed by atoms with E-state index in [-0.39, 0.29) is 6.61 Å². The minimum Gasteiger partial charge on any atom is -0.463 e. The molecule has 0 amide bonds. The number of carbonyl (C=O) groups excluding carboxylic acids is 1. The first-order chi connectivity index (χ1) is 5.80. The van der Waals surface area contributed by atoms with Crippen molar-refractivity contribution in [3.63, 3.8) is 0 Å². The highest BCUT2D eigenvalue weighted by Crippen LogP contribution is 1.89. The largest absolute Gasteiger partial charge is 0.463 e. The second kappa shape index (κ2) is 3.24. The van der Waals surface area contributed by atoms with E-state index in [2.05, 4.69) is 4.74 Å². The highest BCUT2D eigenvalue weighted by molar-refractivity contribution is 5.86. The van der Waals surface area contributed by atoms with E-state index in [4.69, 9.17) is 6.85 Å². The number of esters is 1. The molecule has 0 saturated carbocycles. The second-order valence-corrected chi connectivity index (χ2v) is 1.10. The lowest BCUT2D eigenvalue weighted by molar-refractivity contribution is -0.138. The standard InChI is InChI=1S/C6H10O2/c1-4-8-6(7)5(2)3/h2,4H2,1,3H3/i2D2,3D3. The average Bonchev–Trinajstić information content (AvgIpc) is 1.82. The maximum Gasteiger partial charge on any atom is 0.333 e. The molecule has 0 heterocycles. The van der Waals surface area contributed by atoms with Gasteiger partial charge in [-0.2, -0.15) is 0 Å². The van der Waals surface area contributed by atoms with Crippen molar-refractivity contribution in [2.45, 2.75) is 13.8 Å². The topological polar surface area (TPSA) is 26.3 Å². The normalized spacial score (nSPS) is 18.4. The summed E-state index contributed by atoms with van der Waals surface area (Å²) in [5, 5.41) is 0. The van der Waals surface area contributed by atoms with Crippen molar-refractivity contribution < 1.29 is 16.4 Å². The predicted molar refractivity (Wildman–Crippen MR) is 31.4 cm³/mol. The fourth-order valence-corrected chi connectivity index (χ4v) is 0.203. The highest BCUT2D eigenvalue weighted by Gasteiger charge is 1.98. The van der Waals surface area contributed by atoms with Gasteiger partial charge >= 0.3 is 5.97 Å². The van der Waals surface area contributed by atoms with E-state index in [1.165, 1.54) is 6.92 Å². The van der Waals surface area contributed by atoms with Gasteiger partial charge in [0.2, 0.25) is 0 Å². The number of carbonyl (C=O) groups is 1. The smallest absolute Gasteiger partial charge is 0.333 e. The first-order valence-corrected chi connectivity index (χ1v) is 2.15. The van der Waals surface area contributed by atoms with Gasteiger partial charge in [-0.15, -0.1) is 0 Å². The molecule has 0 aliphatic heterocycles. The molecule has 46 valence electrons. The minimum absolute atomic E-state index is 0.0195. The lowest BCUT2D eigenvalue weighted by Gasteiger charge is -1.96. The van der Waals surface area contributed by atoms with Crippen LogP contribution in [-0.2, 0) is 9.53 Å². The fourth-order valence-electron chi connectivity index (χ4n) is 0.203. The fraction of sp³-hybridized carbons (Fsp3) is 0.500. The van der Waals surface area contributed by atoms with Gasteiger partial charge in [0.25, 0.3) is 0 Å². The summed E-state index contributed by atoms with van der Waals surface area (Å²) in [6.45, 7) is -2.25. The molecule has 2 heteroatoms. The van der Waals surface area contributed by atoms with E-state index in [0.717, 1.165) is 0 Å². The van der Waals surface area contributed by atoms with Crippen LogP contribution in [0.2, 0.25) is 0 Å². The molecule has 0 atom stereocenters. The van der Waals surface area contributed by atoms with Gasteiger partial charge in [0, 0.05) is 9.69 Å². The summed E-state index contributed by atoms with van der Waals surface area (Å²) in [5.74, 6) is -1.12. The van der Waals surface area contributed by atoms with Crippen molar-refractivity contribution in [3.8, 4) is 0 Å². The lowest BCUT2D eigenvalue weighted by Crippen LogP contribution is -2.03. The molecular formula is C6H10O2. The molecular weight excluding hydrogens is 104 g/mol. The van der Waals surface area contributed by atoms with Crippen molar-refractivity contribution in [2.24, 2.45) is 0 Å². The van der Waals surface area contributed by atoms with Gasteiger partial charge in [0.1, 0.15) is 0 Å². The zero-order chi connectivity index (χ0) is 10.6. The Morgan fingerprint density at radius 1 is 2.12 bits per heavy atom.